The highest BCUT2D eigenvalue weighted by Gasteiger charge is 2.06. The lowest BCUT2D eigenvalue weighted by Crippen LogP contribution is -2.33. The second kappa shape index (κ2) is 8.80. The number of benzene rings is 2. The molecular weight excluding hydrogens is 274 g/mol. The number of ether oxygens (including phenoxy) is 1. The highest BCUT2D eigenvalue weighted by Crippen LogP contribution is 2.25. The number of likely N-dealkylation sites (N-methyl/N-ethyl adjacent to an activating group) is 1. The van der Waals surface area contributed by atoms with Crippen molar-refractivity contribution in [3.05, 3.63) is 42.5 Å². The molecule has 0 heterocycles. The molecule has 0 aromatic heterocycles. The average molecular weight is 296 g/mol. The molecule has 0 fully saturated rings. The summed E-state index contributed by atoms with van der Waals surface area (Å²) < 4.78 is 5.85. The molecule has 0 aliphatic carbocycles. The standard InChI is InChI=1S/C16H21NO2.ClH/c1-2-17-14(12-18)10-11-19-16-9-5-7-13-6-3-4-8-15(13)16;/h3-9,14,17-18H,2,10-12H2,1H3;1H. The minimum atomic E-state index is 0. The van der Waals surface area contributed by atoms with Crippen molar-refractivity contribution >= 4 is 23.2 Å². The molecule has 2 N–H and O–H groups in total. The summed E-state index contributed by atoms with van der Waals surface area (Å²) in [4.78, 5) is 0. The van der Waals surface area contributed by atoms with Crippen molar-refractivity contribution in [1.29, 1.82) is 0 Å². The molecule has 3 nitrogen and oxygen atoms in total. The van der Waals surface area contributed by atoms with Gasteiger partial charge in [0.15, 0.2) is 0 Å². The van der Waals surface area contributed by atoms with Gasteiger partial charge in [0.2, 0.25) is 0 Å². The SMILES string of the molecule is CCNC(CO)CCOc1cccc2ccccc12.Cl. The summed E-state index contributed by atoms with van der Waals surface area (Å²) in [7, 11) is 0. The van der Waals surface area contributed by atoms with Gasteiger partial charge in [-0.15, -0.1) is 12.4 Å². The quantitative estimate of drug-likeness (QED) is 0.825. The largest absolute Gasteiger partial charge is 0.493 e. The molecule has 0 aliphatic rings. The van der Waals surface area contributed by atoms with E-state index in [1.165, 1.54) is 5.39 Å². The predicted octanol–water partition coefficient (Wildman–Crippen LogP) is 3.00. The Morgan fingerprint density at radius 2 is 1.90 bits per heavy atom. The van der Waals surface area contributed by atoms with Crippen LogP contribution in [0.3, 0.4) is 0 Å². The zero-order valence-electron chi connectivity index (χ0n) is 11.7. The molecule has 2 aromatic rings. The van der Waals surface area contributed by atoms with Gasteiger partial charge in [0.25, 0.3) is 0 Å². The molecule has 0 saturated carbocycles. The molecule has 20 heavy (non-hydrogen) atoms. The summed E-state index contributed by atoms with van der Waals surface area (Å²) >= 11 is 0. The Balaban J connectivity index is 0.00000200. The number of aliphatic hydroxyl groups is 1. The zero-order valence-corrected chi connectivity index (χ0v) is 12.5. The van der Waals surface area contributed by atoms with Gasteiger partial charge in [0.1, 0.15) is 5.75 Å². The van der Waals surface area contributed by atoms with Gasteiger partial charge < -0.3 is 15.2 Å². The maximum Gasteiger partial charge on any atom is 0.127 e. The number of nitrogens with one attached hydrogen (secondary N) is 1. The van der Waals surface area contributed by atoms with E-state index in [0.717, 1.165) is 24.1 Å². The molecule has 0 radical (unpaired) electrons. The molecule has 1 unspecified atom stereocenters. The van der Waals surface area contributed by atoms with Crippen LogP contribution >= 0.6 is 12.4 Å². The third-order valence-corrected chi connectivity index (χ3v) is 3.19. The fourth-order valence-electron chi connectivity index (χ4n) is 2.18. The smallest absolute Gasteiger partial charge is 0.127 e. The molecule has 110 valence electrons. The Morgan fingerprint density at radius 1 is 1.15 bits per heavy atom. The Morgan fingerprint density at radius 3 is 2.65 bits per heavy atom. The minimum absolute atomic E-state index is 0. The van der Waals surface area contributed by atoms with Gasteiger partial charge in [-0.05, 0) is 24.4 Å². The number of fused-ring (bicyclic) bond motifs is 1. The highest BCUT2D eigenvalue weighted by atomic mass is 35.5. The van der Waals surface area contributed by atoms with Crippen molar-refractivity contribution in [3.63, 3.8) is 0 Å². The molecule has 2 aromatic carbocycles. The van der Waals surface area contributed by atoms with Crippen molar-refractivity contribution in [1.82, 2.24) is 5.32 Å². The molecule has 0 saturated heterocycles. The average Bonchev–Trinajstić information content (AvgIpc) is 2.46. The van der Waals surface area contributed by atoms with Crippen molar-refractivity contribution in [2.75, 3.05) is 19.8 Å². The fourth-order valence-corrected chi connectivity index (χ4v) is 2.18. The first-order chi connectivity index (χ1) is 9.35. The maximum absolute atomic E-state index is 9.21. The van der Waals surface area contributed by atoms with Gasteiger partial charge in [0.05, 0.1) is 13.2 Å². The second-order valence-corrected chi connectivity index (χ2v) is 4.55. The molecule has 4 heteroatoms. The van der Waals surface area contributed by atoms with Crippen LogP contribution < -0.4 is 10.1 Å². The number of hydrogen-bond donors (Lipinski definition) is 2. The molecule has 0 amide bonds. The highest BCUT2D eigenvalue weighted by molar-refractivity contribution is 5.88. The van der Waals surface area contributed by atoms with Crippen molar-refractivity contribution in [2.24, 2.45) is 0 Å². The fraction of sp³-hybridized carbons (Fsp3) is 0.375. The predicted molar refractivity (Wildman–Crippen MR) is 85.9 cm³/mol. The van der Waals surface area contributed by atoms with E-state index in [0.29, 0.717) is 6.61 Å². The van der Waals surface area contributed by atoms with Crippen LogP contribution in [0.15, 0.2) is 42.5 Å². The number of hydrogen-bond acceptors (Lipinski definition) is 3. The van der Waals surface area contributed by atoms with Gasteiger partial charge in [-0.2, -0.15) is 0 Å². The molecule has 0 aliphatic heterocycles. The van der Waals surface area contributed by atoms with E-state index >= 15 is 0 Å². The van der Waals surface area contributed by atoms with Gasteiger partial charge >= 0.3 is 0 Å². The van der Waals surface area contributed by atoms with Crippen molar-refractivity contribution in [2.45, 2.75) is 19.4 Å². The summed E-state index contributed by atoms with van der Waals surface area (Å²) in [6.45, 7) is 3.65. The van der Waals surface area contributed by atoms with Crippen LogP contribution in [-0.2, 0) is 0 Å². The Hall–Kier alpha value is -1.29. The molecular formula is C16H22ClNO2. The van der Waals surface area contributed by atoms with Crippen LogP contribution in [0, 0.1) is 0 Å². The molecule has 1 atom stereocenters. The van der Waals surface area contributed by atoms with Crippen LogP contribution in [0.25, 0.3) is 10.8 Å². The van der Waals surface area contributed by atoms with E-state index in [-0.39, 0.29) is 25.1 Å². The molecule has 0 bridgehead atoms. The minimum Gasteiger partial charge on any atom is -0.493 e. The van der Waals surface area contributed by atoms with Crippen LogP contribution in [0.2, 0.25) is 0 Å². The normalized spacial score (nSPS) is 11.9. The first-order valence-electron chi connectivity index (χ1n) is 6.80. The lowest BCUT2D eigenvalue weighted by Gasteiger charge is -2.16. The summed E-state index contributed by atoms with van der Waals surface area (Å²) in [6.07, 6.45) is 0.799. The van der Waals surface area contributed by atoms with E-state index in [1.807, 2.05) is 31.2 Å². The van der Waals surface area contributed by atoms with E-state index < -0.39 is 0 Å². The van der Waals surface area contributed by atoms with Crippen LogP contribution in [0.4, 0.5) is 0 Å². The number of aliphatic hydroxyl groups excluding tert-OH is 1. The second-order valence-electron chi connectivity index (χ2n) is 4.55. The third kappa shape index (κ3) is 4.37. The number of halogens is 1. The lowest BCUT2D eigenvalue weighted by molar-refractivity contribution is 0.211. The van der Waals surface area contributed by atoms with Crippen molar-refractivity contribution in [3.8, 4) is 5.75 Å². The Kier molecular flexibility index (Phi) is 7.37. The summed E-state index contributed by atoms with van der Waals surface area (Å²) in [5.74, 6) is 0.909. The van der Waals surface area contributed by atoms with Gasteiger partial charge in [-0.1, -0.05) is 43.3 Å². The van der Waals surface area contributed by atoms with Crippen LogP contribution in [-0.4, -0.2) is 30.9 Å². The Bertz CT molecular complexity index is 513. The zero-order chi connectivity index (χ0) is 13.5. The van der Waals surface area contributed by atoms with E-state index in [1.54, 1.807) is 0 Å². The molecule has 2 rings (SSSR count). The van der Waals surface area contributed by atoms with E-state index in [9.17, 15) is 5.11 Å². The van der Waals surface area contributed by atoms with Gasteiger partial charge in [-0.3, -0.25) is 0 Å². The maximum atomic E-state index is 9.21. The van der Waals surface area contributed by atoms with Crippen LogP contribution in [0.5, 0.6) is 5.75 Å². The van der Waals surface area contributed by atoms with E-state index in [4.69, 9.17) is 4.74 Å². The van der Waals surface area contributed by atoms with E-state index in [2.05, 4.69) is 23.5 Å². The topological polar surface area (TPSA) is 41.5 Å². The summed E-state index contributed by atoms with van der Waals surface area (Å²) in [5.41, 5.74) is 0. The van der Waals surface area contributed by atoms with Crippen LogP contribution in [0.1, 0.15) is 13.3 Å². The molecule has 0 spiro atoms. The summed E-state index contributed by atoms with van der Waals surface area (Å²) in [5, 5.41) is 14.8. The Labute approximate surface area is 126 Å². The first-order valence-corrected chi connectivity index (χ1v) is 6.80. The van der Waals surface area contributed by atoms with Gasteiger partial charge in [-0.25, -0.2) is 0 Å². The summed E-state index contributed by atoms with van der Waals surface area (Å²) in [6, 6.07) is 14.4. The van der Waals surface area contributed by atoms with Gasteiger partial charge in [0, 0.05) is 11.4 Å². The number of rotatable bonds is 7. The first kappa shape index (κ1) is 16.8. The third-order valence-electron chi connectivity index (χ3n) is 3.19. The monoisotopic (exact) mass is 295 g/mol. The van der Waals surface area contributed by atoms with Crippen molar-refractivity contribution < 1.29 is 9.84 Å². The lowest BCUT2D eigenvalue weighted by atomic mass is 10.1.